The first-order chi connectivity index (χ1) is 8.34. The molecule has 4 nitrogen and oxygen atoms in total. The molecule has 0 spiro atoms. The van der Waals surface area contributed by atoms with Crippen LogP contribution in [0, 0.1) is 0 Å². The Labute approximate surface area is 114 Å². The molecule has 0 heterocycles. The lowest BCUT2D eigenvalue weighted by Gasteiger charge is -2.24. The van der Waals surface area contributed by atoms with Gasteiger partial charge in [0.1, 0.15) is 0 Å². The second kappa shape index (κ2) is 6.02. The predicted molar refractivity (Wildman–Crippen MR) is 74.0 cm³/mol. The van der Waals surface area contributed by atoms with Crippen molar-refractivity contribution >= 4 is 21.6 Å². The summed E-state index contributed by atoms with van der Waals surface area (Å²) in [5, 5.41) is 0.490. The maximum Gasteiger partial charge on any atom is 0.243 e. The van der Waals surface area contributed by atoms with Gasteiger partial charge in [0, 0.05) is 24.2 Å². The van der Waals surface area contributed by atoms with Crippen LogP contribution in [0.25, 0.3) is 0 Å². The van der Waals surface area contributed by atoms with E-state index in [2.05, 4.69) is 0 Å². The highest BCUT2D eigenvalue weighted by Crippen LogP contribution is 2.23. The summed E-state index contributed by atoms with van der Waals surface area (Å²) >= 11 is 5.93. The minimum atomic E-state index is -3.48. The minimum absolute atomic E-state index is 0.0861. The Morgan fingerprint density at radius 3 is 2.44 bits per heavy atom. The fourth-order valence-electron chi connectivity index (χ4n) is 1.82. The average molecular weight is 291 g/mol. The molecule has 0 unspecified atom stereocenters. The maximum atomic E-state index is 12.4. The summed E-state index contributed by atoms with van der Waals surface area (Å²) in [6.07, 6.45) is 0. The highest BCUT2D eigenvalue weighted by atomic mass is 35.5. The Morgan fingerprint density at radius 2 is 2.00 bits per heavy atom. The Balaban J connectivity index is 3.28. The van der Waals surface area contributed by atoms with Crippen LogP contribution in [0.4, 0.5) is 0 Å². The van der Waals surface area contributed by atoms with Gasteiger partial charge in [-0.05, 0) is 37.6 Å². The van der Waals surface area contributed by atoms with Gasteiger partial charge < -0.3 is 5.73 Å². The standard InChI is InChI=1S/C12H19ClN2O2S/c1-4-15(9(2)3)18(16,17)11-5-6-12(13)10(7-11)8-14/h5-7,9H,4,8,14H2,1-3H3. The maximum absolute atomic E-state index is 12.4. The lowest BCUT2D eigenvalue weighted by atomic mass is 10.2. The average Bonchev–Trinajstić information content (AvgIpc) is 2.29. The molecule has 6 heteroatoms. The van der Waals surface area contributed by atoms with Gasteiger partial charge in [0.05, 0.1) is 4.90 Å². The molecule has 18 heavy (non-hydrogen) atoms. The van der Waals surface area contributed by atoms with Crippen molar-refractivity contribution in [1.29, 1.82) is 0 Å². The van der Waals surface area contributed by atoms with E-state index in [0.29, 0.717) is 17.1 Å². The van der Waals surface area contributed by atoms with Gasteiger partial charge in [0.2, 0.25) is 10.0 Å². The van der Waals surface area contributed by atoms with E-state index in [1.165, 1.54) is 10.4 Å². The lowest BCUT2D eigenvalue weighted by molar-refractivity contribution is 0.369. The van der Waals surface area contributed by atoms with Gasteiger partial charge in [-0.3, -0.25) is 0 Å². The quantitative estimate of drug-likeness (QED) is 0.904. The molecule has 0 aliphatic rings. The van der Waals surface area contributed by atoms with E-state index in [0.717, 1.165) is 0 Å². The molecule has 102 valence electrons. The first-order valence-electron chi connectivity index (χ1n) is 5.85. The predicted octanol–water partition coefficient (Wildman–Crippen LogP) is 2.22. The highest BCUT2D eigenvalue weighted by Gasteiger charge is 2.25. The zero-order valence-corrected chi connectivity index (χ0v) is 12.4. The summed E-state index contributed by atoms with van der Waals surface area (Å²) in [6.45, 7) is 6.16. The number of sulfonamides is 1. The van der Waals surface area contributed by atoms with Crippen molar-refractivity contribution < 1.29 is 8.42 Å². The zero-order chi connectivity index (χ0) is 13.9. The SMILES string of the molecule is CCN(C(C)C)S(=O)(=O)c1ccc(Cl)c(CN)c1. The van der Waals surface area contributed by atoms with E-state index in [1.807, 2.05) is 20.8 Å². The Kier molecular flexibility index (Phi) is 5.16. The van der Waals surface area contributed by atoms with Gasteiger partial charge in [-0.15, -0.1) is 0 Å². The van der Waals surface area contributed by atoms with Crippen molar-refractivity contribution in [1.82, 2.24) is 4.31 Å². The van der Waals surface area contributed by atoms with Crippen molar-refractivity contribution in [3.05, 3.63) is 28.8 Å². The van der Waals surface area contributed by atoms with Gasteiger partial charge in [-0.2, -0.15) is 4.31 Å². The van der Waals surface area contributed by atoms with E-state index in [-0.39, 0.29) is 17.5 Å². The Hall–Kier alpha value is -0.620. The van der Waals surface area contributed by atoms with Crippen molar-refractivity contribution in [3.63, 3.8) is 0 Å². The molecule has 0 saturated carbocycles. The van der Waals surface area contributed by atoms with Gasteiger partial charge >= 0.3 is 0 Å². The van der Waals surface area contributed by atoms with Crippen LogP contribution in [0.2, 0.25) is 5.02 Å². The smallest absolute Gasteiger partial charge is 0.243 e. The number of hydrogen-bond acceptors (Lipinski definition) is 3. The molecule has 0 amide bonds. The summed E-state index contributed by atoms with van der Waals surface area (Å²) in [4.78, 5) is 0.239. The van der Waals surface area contributed by atoms with Crippen molar-refractivity contribution in [2.75, 3.05) is 6.54 Å². The van der Waals surface area contributed by atoms with Crippen molar-refractivity contribution in [2.24, 2.45) is 5.73 Å². The van der Waals surface area contributed by atoms with Crippen molar-refractivity contribution in [3.8, 4) is 0 Å². The van der Waals surface area contributed by atoms with E-state index >= 15 is 0 Å². The first kappa shape index (κ1) is 15.4. The molecule has 2 N–H and O–H groups in total. The third-order valence-electron chi connectivity index (χ3n) is 2.73. The van der Waals surface area contributed by atoms with Crippen molar-refractivity contribution in [2.45, 2.75) is 38.3 Å². The molecule has 0 aliphatic carbocycles. The molecule has 1 aromatic carbocycles. The molecular weight excluding hydrogens is 272 g/mol. The fraction of sp³-hybridized carbons (Fsp3) is 0.500. The number of nitrogens with zero attached hydrogens (tertiary/aromatic N) is 1. The number of hydrogen-bond donors (Lipinski definition) is 1. The lowest BCUT2D eigenvalue weighted by Crippen LogP contribution is -2.36. The second-order valence-electron chi connectivity index (χ2n) is 4.26. The molecule has 0 atom stereocenters. The molecular formula is C12H19ClN2O2S. The molecule has 0 aliphatic heterocycles. The van der Waals surface area contributed by atoms with Crippen LogP contribution >= 0.6 is 11.6 Å². The summed E-state index contributed by atoms with van der Waals surface area (Å²) in [5.41, 5.74) is 6.17. The first-order valence-corrected chi connectivity index (χ1v) is 7.66. The van der Waals surface area contributed by atoms with Gasteiger partial charge in [-0.1, -0.05) is 18.5 Å². The molecule has 0 radical (unpaired) electrons. The van der Waals surface area contributed by atoms with Crippen LogP contribution in [-0.2, 0) is 16.6 Å². The van der Waals surface area contributed by atoms with Gasteiger partial charge in [0.25, 0.3) is 0 Å². The molecule has 1 aromatic rings. The molecule has 0 aromatic heterocycles. The Morgan fingerprint density at radius 1 is 1.39 bits per heavy atom. The van der Waals surface area contributed by atoms with Crippen LogP contribution in [0.15, 0.2) is 23.1 Å². The number of nitrogens with two attached hydrogens (primary N) is 1. The number of halogens is 1. The van der Waals surface area contributed by atoms with Crippen LogP contribution in [0.3, 0.4) is 0 Å². The third-order valence-corrected chi connectivity index (χ3v) is 5.25. The highest BCUT2D eigenvalue weighted by molar-refractivity contribution is 7.89. The van der Waals surface area contributed by atoms with Gasteiger partial charge in [-0.25, -0.2) is 8.42 Å². The third kappa shape index (κ3) is 3.03. The summed E-state index contributed by atoms with van der Waals surface area (Å²) in [5.74, 6) is 0. The second-order valence-corrected chi connectivity index (χ2v) is 6.56. The minimum Gasteiger partial charge on any atom is -0.326 e. The topological polar surface area (TPSA) is 63.4 Å². The molecule has 0 bridgehead atoms. The molecule has 0 saturated heterocycles. The van der Waals surface area contributed by atoms with Crippen LogP contribution in [0.5, 0.6) is 0 Å². The fourth-order valence-corrected chi connectivity index (χ4v) is 3.71. The number of rotatable bonds is 5. The normalized spacial score (nSPS) is 12.4. The summed E-state index contributed by atoms with van der Waals surface area (Å²) in [7, 11) is -3.48. The Bertz CT molecular complexity index is 515. The molecule has 1 rings (SSSR count). The zero-order valence-electron chi connectivity index (χ0n) is 10.9. The van der Waals surface area contributed by atoms with Crippen LogP contribution in [-0.4, -0.2) is 25.3 Å². The summed E-state index contributed by atoms with van der Waals surface area (Å²) < 4.78 is 26.3. The summed E-state index contributed by atoms with van der Waals surface area (Å²) in [6, 6.07) is 4.55. The van der Waals surface area contributed by atoms with E-state index in [1.54, 1.807) is 12.1 Å². The number of benzene rings is 1. The largest absolute Gasteiger partial charge is 0.326 e. The van der Waals surface area contributed by atoms with Gasteiger partial charge in [0.15, 0.2) is 0 Å². The van der Waals surface area contributed by atoms with Crippen LogP contribution < -0.4 is 5.73 Å². The van der Waals surface area contributed by atoms with E-state index in [4.69, 9.17) is 17.3 Å². The molecule has 0 fully saturated rings. The van der Waals surface area contributed by atoms with E-state index in [9.17, 15) is 8.42 Å². The van der Waals surface area contributed by atoms with Crippen LogP contribution in [0.1, 0.15) is 26.3 Å². The monoisotopic (exact) mass is 290 g/mol. The van der Waals surface area contributed by atoms with E-state index < -0.39 is 10.0 Å².